The summed E-state index contributed by atoms with van der Waals surface area (Å²) >= 11 is 0. The third kappa shape index (κ3) is 4.41. The van der Waals surface area contributed by atoms with Crippen LogP contribution in [0.1, 0.15) is 31.9 Å². The first-order valence-electron chi connectivity index (χ1n) is 7.43. The van der Waals surface area contributed by atoms with Gasteiger partial charge in [0.2, 0.25) is 0 Å². The largest absolute Gasteiger partial charge is 0.389 e. The van der Waals surface area contributed by atoms with Crippen molar-refractivity contribution in [3.05, 3.63) is 41.6 Å². The number of hydrogen-bond donors (Lipinski definition) is 2. The van der Waals surface area contributed by atoms with Crippen LogP contribution in [0.3, 0.4) is 0 Å². The fourth-order valence-corrected chi connectivity index (χ4v) is 2.47. The van der Waals surface area contributed by atoms with Crippen LogP contribution in [0.15, 0.2) is 30.5 Å². The van der Waals surface area contributed by atoms with Gasteiger partial charge in [0.05, 0.1) is 17.5 Å². The maximum Gasteiger partial charge on any atom is 0.0718 e. The first-order chi connectivity index (χ1) is 9.89. The predicted octanol–water partition coefficient (Wildman–Crippen LogP) is 2.98. The zero-order valence-corrected chi connectivity index (χ0v) is 13.3. The van der Waals surface area contributed by atoms with Gasteiger partial charge in [-0.25, -0.2) is 0 Å². The molecule has 4 nitrogen and oxygen atoms in total. The van der Waals surface area contributed by atoms with Crippen molar-refractivity contribution in [2.24, 2.45) is 0 Å². The standard InChI is InChI=1S/C17H25N3O/c1-5-20(12-17(3,4)21)11-15-10-18-19-16(15)14-8-6-13(2)7-9-14/h6-10,21H,5,11-12H2,1-4H3,(H,18,19). The van der Waals surface area contributed by atoms with Crippen LogP contribution in [-0.2, 0) is 6.54 Å². The molecule has 0 radical (unpaired) electrons. The summed E-state index contributed by atoms with van der Waals surface area (Å²) in [4.78, 5) is 2.22. The highest BCUT2D eigenvalue weighted by molar-refractivity contribution is 5.62. The Morgan fingerprint density at radius 2 is 1.90 bits per heavy atom. The average molecular weight is 287 g/mol. The lowest BCUT2D eigenvalue weighted by Gasteiger charge is -2.27. The van der Waals surface area contributed by atoms with Gasteiger partial charge in [-0.1, -0.05) is 36.8 Å². The molecule has 2 rings (SSSR count). The van der Waals surface area contributed by atoms with E-state index in [2.05, 4.69) is 53.2 Å². The lowest BCUT2D eigenvalue weighted by atomic mass is 10.1. The molecule has 2 aromatic rings. The summed E-state index contributed by atoms with van der Waals surface area (Å²) in [7, 11) is 0. The molecule has 0 aliphatic heterocycles. The quantitative estimate of drug-likeness (QED) is 0.859. The molecule has 114 valence electrons. The van der Waals surface area contributed by atoms with Gasteiger partial charge in [-0.15, -0.1) is 0 Å². The molecule has 4 heteroatoms. The maximum atomic E-state index is 10.00. The summed E-state index contributed by atoms with van der Waals surface area (Å²) in [6.07, 6.45) is 1.88. The lowest BCUT2D eigenvalue weighted by molar-refractivity contribution is 0.0354. The van der Waals surface area contributed by atoms with Crippen molar-refractivity contribution >= 4 is 0 Å². The van der Waals surface area contributed by atoms with Crippen LogP contribution in [0.4, 0.5) is 0 Å². The number of hydrogen-bond acceptors (Lipinski definition) is 3. The van der Waals surface area contributed by atoms with Crippen molar-refractivity contribution in [2.45, 2.75) is 39.8 Å². The second kappa shape index (κ2) is 6.41. The minimum absolute atomic E-state index is 0.641. The van der Waals surface area contributed by atoms with Gasteiger partial charge in [0.25, 0.3) is 0 Å². The van der Waals surface area contributed by atoms with Crippen molar-refractivity contribution in [1.29, 1.82) is 0 Å². The van der Waals surface area contributed by atoms with E-state index in [4.69, 9.17) is 0 Å². The van der Waals surface area contributed by atoms with E-state index >= 15 is 0 Å². The average Bonchev–Trinajstić information content (AvgIpc) is 2.85. The maximum absolute atomic E-state index is 10.00. The van der Waals surface area contributed by atoms with Crippen molar-refractivity contribution in [1.82, 2.24) is 15.1 Å². The Balaban J connectivity index is 2.18. The molecule has 1 aromatic heterocycles. The van der Waals surface area contributed by atoms with Gasteiger partial charge >= 0.3 is 0 Å². The van der Waals surface area contributed by atoms with E-state index in [1.54, 1.807) is 0 Å². The number of aromatic nitrogens is 2. The summed E-state index contributed by atoms with van der Waals surface area (Å²) in [5.41, 5.74) is 3.92. The first-order valence-corrected chi connectivity index (χ1v) is 7.43. The lowest BCUT2D eigenvalue weighted by Crippen LogP contribution is -2.38. The van der Waals surface area contributed by atoms with Crippen molar-refractivity contribution < 1.29 is 5.11 Å². The van der Waals surface area contributed by atoms with E-state index in [0.29, 0.717) is 6.54 Å². The van der Waals surface area contributed by atoms with E-state index in [9.17, 15) is 5.11 Å². The number of aryl methyl sites for hydroxylation is 1. The molecule has 21 heavy (non-hydrogen) atoms. The predicted molar refractivity (Wildman–Crippen MR) is 86.0 cm³/mol. The second-order valence-corrected chi connectivity index (χ2v) is 6.25. The number of rotatable bonds is 6. The van der Waals surface area contributed by atoms with Crippen molar-refractivity contribution in [2.75, 3.05) is 13.1 Å². The number of aromatic amines is 1. The van der Waals surface area contributed by atoms with Gasteiger partial charge in [0.15, 0.2) is 0 Å². The van der Waals surface area contributed by atoms with Crippen LogP contribution < -0.4 is 0 Å². The molecule has 0 unspecified atom stereocenters. The number of benzene rings is 1. The second-order valence-electron chi connectivity index (χ2n) is 6.25. The van der Waals surface area contributed by atoms with E-state index in [1.165, 1.54) is 5.56 Å². The summed E-state index contributed by atoms with van der Waals surface area (Å²) < 4.78 is 0. The van der Waals surface area contributed by atoms with E-state index in [1.807, 2.05) is 20.0 Å². The van der Waals surface area contributed by atoms with Gasteiger partial charge in [0, 0.05) is 18.7 Å². The van der Waals surface area contributed by atoms with Crippen LogP contribution >= 0.6 is 0 Å². The van der Waals surface area contributed by atoms with E-state index < -0.39 is 5.60 Å². The van der Waals surface area contributed by atoms with Crippen LogP contribution in [-0.4, -0.2) is 38.9 Å². The van der Waals surface area contributed by atoms with E-state index in [-0.39, 0.29) is 0 Å². The molecule has 0 bridgehead atoms. The highest BCUT2D eigenvalue weighted by Gasteiger charge is 2.19. The Hall–Kier alpha value is -1.65. The van der Waals surface area contributed by atoms with Gasteiger partial charge in [-0.3, -0.25) is 10.00 Å². The first kappa shape index (κ1) is 15.7. The fourth-order valence-electron chi connectivity index (χ4n) is 2.47. The summed E-state index contributed by atoms with van der Waals surface area (Å²) in [6.45, 7) is 10.2. The van der Waals surface area contributed by atoms with Crippen LogP contribution in [0, 0.1) is 6.92 Å². The number of H-pyrrole nitrogens is 1. The fraction of sp³-hybridized carbons (Fsp3) is 0.471. The SMILES string of the molecule is CCN(Cc1cn[nH]c1-c1ccc(C)cc1)CC(C)(C)O. The van der Waals surface area contributed by atoms with Gasteiger partial charge in [-0.2, -0.15) is 5.10 Å². The smallest absolute Gasteiger partial charge is 0.0718 e. The van der Waals surface area contributed by atoms with Crippen molar-refractivity contribution in [3.8, 4) is 11.3 Å². The molecule has 1 aromatic carbocycles. The molecule has 2 N–H and O–H groups in total. The molecule has 0 fully saturated rings. The minimum atomic E-state index is -0.691. The Morgan fingerprint density at radius 1 is 1.24 bits per heavy atom. The van der Waals surface area contributed by atoms with E-state index in [0.717, 1.165) is 29.9 Å². The van der Waals surface area contributed by atoms with Gasteiger partial charge in [0.1, 0.15) is 0 Å². The normalized spacial score (nSPS) is 12.1. The van der Waals surface area contributed by atoms with Crippen molar-refractivity contribution in [3.63, 3.8) is 0 Å². The Labute approximate surface area is 126 Å². The molecule has 0 atom stereocenters. The summed E-state index contributed by atoms with van der Waals surface area (Å²) in [6, 6.07) is 8.43. The number of nitrogens with zero attached hydrogens (tertiary/aromatic N) is 2. The number of aliphatic hydroxyl groups is 1. The molecule has 0 spiro atoms. The molecular formula is C17H25N3O. The monoisotopic (exact) mass is 287 g/mol. The topological polar surface area (TPSA) is 52.2 Å². The minimum Gasteiger partial charge on any atom is -0.389 e. The third-order valence-electron chi connectivity index (χ3n) is 3.51. The zero-order chi connectivity index (χ0) is 15.5. The molecule has 0 saturated carbocycles. The molecular weight excluding hydrogens is 262 g/mol. The Kier molecular flexibility index (Phi) is 4.80. The van der Waals surface area contributed by atoms with Crippen LogP contribution in [0.25, 0.3) is 11.3 Å². The molecule has 0 amide bonds. The third-order valence-corrected chi connectivity index (χ3v) is 3.51. The van der Waals surface area contributed by atoms with Crippen LogP contribution in [0.2, 0.25) is 0 Å². The number of likely N-dealkylation sites (N-methyl/N-ethyl adjacent to an activating group) is 1. The van der Waals surface area contributed by atoms with Crippen LogP contribution in [0.5, 0.6) is 0 Å². The molecule has 1 heterocycles. The molecule has 0 aliphatic rings. The molecule has 0 saturated heterocycles. The Morgan fingerprint density at radius 3 is 2.48 bits per heavy atom. The summed E-state index contributed by atoms with van der Waals surface area (Å²) in [5, 5.41) is 17.3. The zero-order valence-electron chi connectivity index (χ0n) is 13.3. The summed E-state index contributed by atoms with van der Waals surface area (Å²) in [5.74, 6) is 0. The van der Waals surface area contributed by atoms with Gasteiger partial charge < -0.3 is 5.11 Å². The highest BCUT2D eigenvalue weighted by Crippen LogP contribution is 2.23. The molecule has 0 aliphatic carbocycles. The number of nitrogens with one attached hydrogen (secondary N) is 1. The highest BCUT2D eigenvalue weighted by atomic mass is 16.3. The Bertz CT molecular complexity index is 566. The van der Waals surface area contributed by atoms with Gasteiger partial charge in [-0.05, 0) is 32.9 Å².